The summed E-state index contributed by atoms with van der Waals surface area (Å²) in [6, 6.07) is 6.56. The number of nitrogens with two attached hydrogens (primary N) is 1. The van der Waals surface area contributed by atoms with Crippen LogP contribution in [0.2, 0.25) is 10.0 Å². The number of ether oxygens (including phenoxy) is 7. The van der Waals surface area contributed by atoms with Gasteiger partial charge in [-0.05, 0) is 147 Å². The van der Waals surface area contributed by atoms with Crippen molar-refractivity contribution in [1.82, 2.24) is 42.5 Å². The number of hydrogen-bond acceptors (Lipinski definition) is 28. The molecule has 0 unspecified atom stereocenters. The van der Waals surface area contributed by atoms with E-state index in [1.54, 1.807) is 26.0 Å². The number of aliphatic hydroxyl groups is 6. The van der Waals surface area contributed by atoms with Crippen LogP contribution in [0.25, 0.3) is 11.1 Å². The van der Waals surface area contributed by atoms with Crippen molar-refractivity contribution in [2.45, 2.75) is 189 Å². The molecule has 118 heavy (non-hydrogen) atoms. The maximum Gasteiger partial charge on any atom is 0.330 e. The van der Waals surface area contributed by atoms with E-state index in [2.05, 4.69) is 42.5 Å². The molecule has 18 atom stereocenters. The summed E-state index contributed by atoms with van der Waals surface area (Å²) in [5.74, 6) is -14.7. The number of carboxylic acids is 1. The molecule has 0 spiro atoms. The van der Waals surface area contributed by atoms with Gasteiger partial charge in [-0.2, -0.15) is 0 Å². The molecular formula is C80H93Cl2N9O26S. The number of carbonyl (C=O) groups is 9. The SMILES string of the molecule is CN[C@H](CC(C)C)C(=O)N[C@H]1C(=O)N[C@@H](CC(N)=O)C(=O)N[C@H]2C(=O)N[C@H]3C(=O)N[C@H](C(=O)N[C@H](C(=O)O)c4cc(O)cc(O)c4-c4cc3ccc4O)[C@H](O)c3ccc(c(Cl)c3)Oc3cc2cc(c3O[C@@H]2O[C@H](CO)[C@@H](O)[C@H](O)[C@H]2O[C@H]2C[C@](C)(NCc3ccc(OCCCCCSC(C)=O)cc3)[C@H](O)[C@H](C)O2)Oc2ccc(cc2Cl)[C@H]1O. The first-order valence-corrected chi connectivity index (χ1v) is 39.5. The number of likely N-dealkylation sites (N-methyl/N-ethyl adjacent to an activating group) is 1. The number of nitrogens with one attached hydrogen (secondary N) is 8. The molecule has 0 saturated carbocycles. The number of phenolic OH excluding ortho intramolecular Hbond substituents is 3. The normalized spacial score (nSPS) is 26.8. The second-order valence-electron chi connectivity index (χ2n) is 29.9. The number of phenols is 3. The highest BCUT2D eigenvalue weighted by atomic mass is 35.5. The van der Waals surface area contributed by atoms with Gasteiger partial charge in [-0.15, -0.1) is 0 Å². The van der Waals surface area contributed by atoms with Crippen molar-refractivity contribution in [2.24, 2.45) is 11.7 Å². The molecule has 6 aromatic carbocycles. The average molecular weight is 1700 g/mol. The Morgan fingerprint density at radius 2 is 1.34 bits per heavy atom. The molecule has 13 rings (SSSR count). The Labute approximate surface area is 689 Å². The van der Waals surface area contributed by atoms with Crippen molar-refractivity contribution in [3.8, 4) is 62.9 Å². The number of aliphatic carboxylic acids is 1. The summed E-state index contributed by atoms with van der Waals surface area (Å²) < 4.78 is 45.4. The molecule has 7 amide bonds. The summed E-state index contributed by atoms with van der Waals surface area (Å²) in [5, 5.41) is 137. The molecule has 2 fully saturated rings. The van der Waals surface area contributed by atoms with Gasteiger partial charge < -0.3 is 132 Å². The van der Waals surface area contributed by atoms with Crippen LogP contribution in [0.15, 0.2) is 103 Å². The van der Waals surface area contributed by atoms with Crippen LogP contribution >= 0.6 is 35.0 Å². The van der Waals surface area contributed by atoms with Crippen LogP contribution in [0, 0.1) is 5.92 Å². The minimum atomic E-state index is -2.37. The van der Waals surface area contributed by atoms with Gasteiger partial charge in [-0.1, -0.05) is 79.1 Å². The Morgan fingerprint density at radius 3 is 1.96 bits per heavy atom. The van der Waals surface area contributed by atoms with E-state index in [1.165, 1.54) is 37.9 Å². The van der Waals surface area contributed by atoms with Gasteiger partial charge in [-0.3, -0.25) is 38.4 Å². The third kappa shape index (κ3) is 20.6. The number of rotatable bonds is 23. The highest BCUT2D eigenvalue weighted by Gasteiger charge is 2.52. The zero-order valence-corrected chi connectivity index (χ0v) is 66.9. The van der Waals surface area contributed by atoms with Gasteiger partial charge in [-0.25, -0.2) is 4.79 Å². The minimum absolute atomic E-state index is 0.0639. The molecule has 7 aliphatic rings. The first kappa shape index (κ1) is 88.6. The number of fused-ring (bicyclic) bond motifs is 15. The Hall–Kier alpha value is -10.2. The first-order chi connectivity index (χ1) is 56.0. The molecule has 38 heteroatoms. The molecule has 7 aliphatic heterocycles. The quantitative estimate of drug-likeness (QED) is 0.0406. The van der Waals surface area contributed by atoms with Gasteiger partial charge in [0.2, 0.25) is 53.4 Å². The van der Waals surface area contributed by atoms with E-state index in [0.29, 0.717) is 12.4 Å². The number of benzene rings is 6. The Kier molecular flexibility index (Phi) is 28.8. The van der Waals surface area contributed by atoms with Gasteiger partial charge in [0.1, 0.15) is 95.2 Å². The van der Waals surface area contributed by atoms with E-state index in [0.717, 1.165) is 97.3 Å². The van der Waals surface area contributed by atoms with E-state index >= 15 is 14.4 Å². The number of carboxylic acid groups (broad SMARTS) is 1. The van der Waals surface area contributed by atoms with Crippen LogP contribution in [0.3, 0.4) is 0 Å². The van der Waals surface area contributed by atoms with E-state index in [4.69, 9.17) is 62.1 Å². The van der Waals surface area contributed by atoms with Crippen LogP contribution in [-0.4, -0.2) is 208 Å². The van der Waals surface area contributed by atoms with E-state index in [-0.39, 0.29) is 57.9 Å². The molecule has 35 nitrogen and oxygen atoms in total. The third-order valence-corrected chi connectivity index (χ3v) is 22.2. The second kappa shape index (κ2) is 38.3. The van der Waals surface area contributed by atoms with Gasteiger partial charge >= 0.3 is 5.97 Å². The Morgan fingerprint density at radius 1 is 0.703 bits per heavy atom. The lowest BCUT2D eigenvalue weighted by atomic mass is 9.84. The molecule has 0 aliphatic carbocycles. The van der Waals surface area contributed by atoms with Gasteiger partial charge in [0.25, 0.3) is 0 Å². The van der Waals surface area contributed by atoms with Gasteiger partial charge in [0.05, 0.1) is 47.9 Å². The van der Waals surface area contributed by atoms with Crippen molar-refractivity contribution < 1.29 is 127 Å². The van der Waals surface area contributed by atoms with Crippen molar-refractivity contribution in [2.75, 3.05) is 26.0 Å². The maximum atomic E-state index is 16.2. The van der Waals surface area contributed by atoms with Crippen molar-refractivity contribution in [3.05, 3.63) is 147 Å². The van der Waals surface area contributed by atoms with E-state index < -0.39 is 237 Å². The van der Waals surface area contributed by atoms with Crippen LogP contribution in [0.4, 0.5) is 0 Å². The highest BCUT2D eigenvalue weighted by Crippen LogP contribution is 2.50. The molecule has 11 bridgehead atoms. The Bertz CT molecular complexity index is 4760. The lowest BCUT2D eigenvalue weighted by Crippen LogP contribution is -2.65. The van der Waals surface area contributed by atoms with Crippen molar-refractivity contribution in [1.29, 1.82) is 0 Å². The number of thioether (sulfide) groups is 1. The Balaban J connectivity index is 1.07. The lowest BCUT2D eigenvalue weighted by Gasteiger charge is -2.48. The fourth-order valence-electron chi connectivity index (χ4n) is 14.4. The predicted molar refractivity (Wildman–Crippen MR) is 421 cm³/mol. The van der Waals surface area contributed by atoms with Gasteiger partial charge in [0, 0.05) is 53.9 Å². The number of carbonyl (C=O) groups excluding carboxylic acids is 8. The smallest absolute Gasteiger partial charge is 0.330 e. The number of aromatic hydroxyl groups is 3. The molecule has 634 valence electrons. The molecule has 2 saturated heterocycles. The molecule has 6 aromatic rings. The zero-order chi connectivity index (χ0) is 85.5. The van der Waals surface area contributed by atoms with Crippen LogP contribution < -0.4 is 67.2 Å². The molecule has 0 radical (unpaired) electrons. The largest absolute Gasteiger partial charge is 0.508 e. The van der Waals surface area contributed by atoms with Crippen LogP contribution in [0.1, 0.15) is 137 Å². The topological polar surface area (TPSA) is 543 Å². The maximum absolute atomic E-state index is 16.2. The number of primary amides is 1. The fraction of sp³-hybridized carbons (Fsp3) is 0.438. The molecule has 0 aromatic heterocycles. The number of hydrogen-bond donors (Lipinski definition) is 19. The van der Waals surface area contributed by atoms with Crippen LogP contribution in [-0.2, 0) is 63.9 Å². The van der Waals surface area contributed by atoms with Crippen molar-refractivity contribution >= 4 is 87.4 Å². The monoisotopic (exact) mass is 1700 g/mol. The number of amides is 7. The minimum Gasteiger partial charge on any atom is -0.508 e. The second-order valence-corrected chi connectivity index (χ2v) is 32.0. The first-order valence-electron chi connectivity index (χ1n) is 37.8. The molecule has 20 N–H and O–H groups in total. The van der Waals surface area contributed by atoms with E-state index in [9.17, 15) is 79.8 Å². The average Bonchev–Trinajstić information content (AvgIpc) is 0.765. The summed E-state index contributed by atoms with van der Waals surface area (Å²) in [4.78, 5) is 129. The molecule has 7 heterocycles. The highest BCUT2D eigenvalue weighted by molar-refractivity contribution is 8.13. The summed E-state index contributed by atoms with van der Waals surface area (Å²) in [6.07, 6.45) is -16.2. The lowest BCUT2D eigenvalue weighted by molar-refractivity contribution is -0.334. The van der Waals surface area contributed by atoms with Gasteiger partial charge in [0.15, 0.2) is 35.1 Å². The predicted octanol–water partition coefficient (Wildman–Crippen LogP) is 3.77. The number of unbranched alkanes of at least 4 members (excludes halogenated alkanes) is 2. The standard InChI is InChI=1S/C80H93Cl2N9O26S/c1-34(2)22-48(84-6)72(103)90-63-65(98)39-13-18-52(46(81)24-39)113-54-26-41-27-55(69(54)117-79-70(68(101)67(100)56(33-92)115-79)116-58-31-80(5,71(102)35(3)112-58)85-32-37-10-15-43(16-11-37)111-20-8-7-9-21-118-36(4)93)114-53-19-14-40(25-47(53)82)66(99)64-77(108)89-62(78(109)110)45-28-42(94)29-51(96)59(45)44-23-38(12-17-50(44)95)60(74(105)91-64)88-75(106)61(41)87-73(104)49(30-57(83)97)86-76(63)107/h10-19,23-29,34-35,48-49,56,58,60-68,70-71,79,84-85,92,94-96,98-102H,7-9,20-22,30-33H2,1-6H3,(H2,83,97)(H,86,107)(H,87,104)(H,88,106)(H,89,108)(H,90,103)(H,91,105)(H,109,110)/t35-,48+,49-,56+,58-,60+,61+,62-,63+,64-,65+,66+,67+,68-,70+,71+,79-,80-/m0/s1. The third-order valence-electron chi connectivity index (χ3n) is 20.7. The van der Waals surface area contributed by atoms with Crippen LogP contribution in [0.5, 0.6) is 51.7 Å². The van der Waals surface area contributed by atoms with Crippen molar-refractivity contribution in [3.63, 3.8) is 0 Å². The summed E-state index contributed by atoms with van der Waals surface area (Å²) >= 11 is 15.6. The number of aliphatic hydroxyl groups excluding tert-OH is 6. The fourth-order valence-corrected chi connectivity index (χ4v) is 15.5. The summed E-state index contributed by atoms with van der Waals surface area (Å²) in [5.41, 5.74) is 2.44. The zero-order valence-electron chi connectivity index (χ0n) is 64.5. The molecular weight excluding hydrogens is 1610 g/mol. The summed E-state index contributed by atoms with van der Waals surface area (Å²) in [6.45, 7) is 8.09. The van der Waals surface area contributed by atoms with E-state index in [1.807, 2.05) is 26.0 Å². The number of halogens is 2. The summed E-state index contributed by atoms with van der Waals surface area (Å²) in [7, 11) is 1.47.